The third kappa shape index (κ3) is 2.40. The van der Waals surface area contributed by atoms with Gasteiger partial charge < -0.3 is 5.32 Å². The molecule has 3 nitrogen and oxygen atoms in total. The van der Waals surface area contributed by atoms with E-state index in [0.717, 1.165) is 36.3 Å². The van der Waals surface area contributed by atoms with E-state index in [1.165, 1.54) is 5.56 Å². The number of hydrogen-bond acceptors (Lipinski definition) is 3. The molecule has 0 saturated heterocycles. The molecule has 1 aromatic carbocycles. The van der Waals surface area contributed by atoms with Crippen LogP contribution in [0.4, 0.5) is 5.82 Å². The molecule has 0 fully saturated rings. The Kier molecular flexibility index (Phi) is 3.33. The molecule has 0 spiro atoms. The van der Waals surface area contributed by atoms with E-state index in [1.54, 1.807) is 6.07 Å². The molecule has 1 aliphatic rings. The van der Waals surface area contributed by atoms with Gasteiger partial charge in [0.25, 0.3) is 0 Å². The summed E-state index contributed by atoms with van der Waals surface area (Å²) in [7, 11) is 1.88. The second-order valence-electron chi connectivity index (χ2n) is 4.58. The number of aromatic nitrogens is 2. The highest BCUT2D eigenvalue weighted by molar-refractivity contribution is 6.35. The lowest BCUT2D eigenvalue weighted by atomic mass is 10.2. The topological polar surface area (TPSA) is 37.8 Å². The fourth-order valence-corrected chi connectivity index (χ4v) is 2.98. The first-order valence-corrected chi connectivity index (χ1v) is 6.97. The Morgan fingerprint density at radius 2 is 1.79 bits per heavy atom. The van der Waals surface area contributed by atoms with Gasteiger partial charge in [-0.1, -0.05) is 23.2 Å². The van der Waals surface area contributed by atoms with Crippen LogP contribution >= 0.6 is 23.2 Å². The minimum absolute atomic E-state index is 0.595. The van der Waals surface area contributed by atoms with Crippen molar-refractivity contribution in [3.63, 3.8) is 0 Å². The zero-order valence-corrected chi connectivity index (χ0v) is 12.0. The van der Waals surface area contributed by atoms with Crippen LogP contribution in [0.5, 0.6) is 0 Å². The summed E-state index contributed by atoms with van der Waals surface area (Å²) in [6, 6.07) is 5.38. The van der Waals surface area contributed by atoms with E-state index in [-0.39, 0.29) is 0 Å². The third-order valence-corrected chi connectivity index (χ3v) is 3.73. The van der Waals surface area contributed by atoms with Crippen molar-refractivity contribution in [1.82, 2.24) is 9.97 Å². The Hall–Kier alpha value is -1.32. The Labute approximate surface area is 122 Å². The minimum atomic E-state index is 0.595. The van der Waals surface area contributed by atoms with Crippen molar-refractivity contribution in [2.45, 2.75) is 19.3 Å². The molecule has 19 heavy (non-hydrogen) atoms. The van der Waals surface area contributed by atoms with E-state index in [2.05, 4.69) is 15.3 Å². The number of halogens is 2. The number of nitrogens with one attached hydrogen (secondary N) is 1. The van der Waals surface area contributed by atoms with Gasteiger partial charge in [0, 0.05) is 33.9 Å². The fourth-order valence-electron chi connectivity index (χ4n) is 2.45. The Morgan fingerprint density at radius 3 is 2.47 bits per heavy atom. The van der Waals surface area contributed by atoms with Crippen LogP contribution in [0.15, 0.2) is 18.2 Å². The number of aryl methyl sites for hydroxylation is 1. The van der Waals surface area contributed by atoms with Gasteiger partial charge in [-0.3, -0.25) is 0 Å². The van der Waals surface area contributed by atoms with Crippen molar-refractivity contribution in [2.75, 3.05) is 12.4 Å². The zero-order chi connectivity index (χ0) is 13.4. The van der Waals surface area contributed by atoms with Crippen LogP contribution in [-0.2, 0) is 12.8 Å². The van der Waals surface area contributed by atoms with Crippen LogP contribution in [0, 0.1) is 0 Å². The van der Waals surface area contributed by atoms with Gasteiger partial charge in [-0.15, -0.1) is 0 Å². The van der Waals surface area contributed by atoms with Gasteiger partial charge in [0.2, 0.25) is 0 Å². The predicted molar refractivity (Wildman–Crippen MR) is 79.1 cm³/mol. The molecule has 0 bridgehead atoms. The minimum Gasteiger partial charge on any atom is -0.373 e. The molecule has 2 aromatic rings. The smallest absolute Gasteiger partial charge is 0.161 e. The molecule has 5 heteroatoms. The van der Waals surface area contributed by atoms with Gasteiger partial charge in [0.1, 0.15) is 5.82 Å². The van der Waals surface area contributed by atoms with Gasteiger partial charge in [-0.25, -0.2) is 9.97 Å². The standard InChI is InChI=1S/C14H13Cl2N3/c1-17-14-11-3-2-4-12(11)18-13(19-14)8-5-9(15)7-10(16)6-8/h5-7H,2-4H2,1H3,(H,17,18,19). The van der Waals surface area contributed by atoms with E-state index in [1.807, 2.05) is 19.2 Å². The zero-order valence-electron chi connectivity index (χ0n) is 10.5. The Bertz CT molecular complexity index is 621. The number of hydrogen-bond donors (Lipinski definition) is 1. The third-order valence-electron chi connectivity index (χ3n) is 3.29. The van der Waals surface area contributed by atoms with Crippen LogP contribution < -0.4 is 5.32 Å². The second-order valence-corrected chi connectivity index (χ2v) is 5.46. The summed E-state index contributed by atoms with van der Waals surface area (Å²) in [4.78, 5) is 9.22. The molecule has 0 unspecified atom stereocenters. The van der Waals surface area contributed by atoms with E-state index in [0.29, 0.717) is 15.9 Å². The highest BCUT2D eigenvalue weighted by Gasteiger charge is 2.19. The van der Waals surface area contributed by atoms with Crippen molar-refractivity contribution in [3.8, 4) is 11.4 Å². The number of rotatable bonds is 2. The molecule has 1 aliphatic carbocycles. The van der Waals surface area contributed by atoms with Crippen molar-refractivity contribution >= 4 is 29.0 Å². The molecule has 1 N–H and O–H groups in total. The summed E-state index contributed by atoms with van der Waals surface area (Å²) >= 11 is 12.1. The lowest BCUT2D eigenvalue weighted by Gasteiger charge is -2.10. The molecule has 1 aromatic heterocycles. The lowest BCUT2D eigenvalue weighted by Crippen LogP contribution is -2.03. The van der Waals surface area contributed by atoms with Crippen molar-refractivity contribution in [2.24, 2.45) is 0 Å². The fraction of sp³-hybridized carbons (Fsp3) is 0.286. The molecule has 1 heterocycles. The van der Waals surface area contributed by atoms with Gasteiger partial charge in [-0.2, -0.15) is 0 Å². The maximum absolute atomic E-state index is 6.04. The Balaban J connectivity index is 2.15. The molecule has 0 amide bonds. The van der Waals surface area contributed by atoms with Crippen molar-refractivity contribution < 1.29 is 0 Å². The van der Waals surface area contributed by atoms with Gasteiger partial charge in [0.05, 0.1) is 0 Å². The van der Waals surface area contributed by atoms with Crippen LogP contribution in [0.1, 0.15) is 17.7 Å². The first-order valence-electron chi connectivity index (χ1n) is 6.21. The van der Waals surface area contributed by atoms with E-state index < -0.39 is 0 Å². The Morgan fingerprint density at radius 1 is 1.05 bits per heavy atom. The highest BCUT2D eigenvalue weighted by Crippen LogP contribution is 2.31. The molecule has 0 radical (unpaired) electrons. The second kappa shape index (κ2) is 4.99. The first kappa shape index (κ1) is 12.7. The maximum atomic E-state index is 6.04. The lowest BCUT2D eigenvalue weighted by molar-refractivity contribution is 0.900. The summed E-state index contributed by atoms with van der Waals surface area (Å²) in [6.45, 7) is 0. The SMILES string of the molecule is CNc1nc(-c2cc(Cl)cc(Cl)c2)nc2c1CCC2. The van der Waals surface area contributed by atoms with E-state index >= 15 is 0 Å². The highest BCUT2D eigenvalue weighted by atomic mass is 35.5. The summed E-state index contributed by atoms with van der Waals surface area (Å²) in [5, 5.41) is 4.34. The summed E-state index contributed by atoms with van der Waals surface area (Å²) < 4.78 is 0. The van der Waals surface area contributed by atoms with E-state index in [4.69, 9.17) is 23.2 Å². The number of nitrogens with zero attached hydrogens (tertiary/aromatic N) is 2. The normalized spacial score (nSPS) is 13.4. The van der Waals surface area contributed by atoms with Crippen LogP contribution in [0.3, 0.4) is 0 Å². The van der Waals surface area contributed by atoms with Crippen molar-refractivity contribution in [1.29, 1.82) is 0 Å². The molecule has 0 saturated carbocycles. The average Bonchev–Trinajstić information content (AvgIpc) is 2.84. The molecule has 0 aliphatic heterocycles. The number of anilines is 1. The first-order chi connectivity index (χ1) is 9.17. The maximum Gasteiger partial charge on any atom is 0.161 e. The molecule has 98 valence electrons. The molecule has 0 atom stereocenters. The van der Waals surface area contributed by atoms with Crippen molar-refractivity contribution in [3.05, 3.63) is 39.5 Å². The quantitative estimate of drug-likeness (QED) is 0.910. The molecular weight excluding hydrogens is 281 g/mol. The molecular formula is C14H13Cl2N3. The molecule has 3 rings (SSSR count). The van der Waals surface area contributed by atoms with Crippen LogP contribution in [0.25, 0.3) is 11.4 Å². The van der Waals surface area contributed by atoms with Crippen LogP contribution in [-0.4, -0.2) is 17.0 Å². The average molecular weight is 294 g/mol. The van der Waals surface area contributed by atoms with Gasteiger partial charge in [0.15, 0.2) is 5.82 Å². The predicted octanol–water partition coefficient (Wildman–Crippen LogP) is 3.98. The monoisotopic (exact) mass is 293 g/mol. The number of fused-ring (bicyclic) bond motifs is 1. The largest absolute Gasteiger partial charge is 0.373 e. The van der Waals surface area contributed by atoms with Crippen LogP contribution in [0.2, 0.25) is 10.0 Å². The van der Waals surface area contributed by atoms with Gasteiger partial charge in [-0.05, 0) is 37.5 Å². The van der Waals surface area contributed by atoms with Gasteiger partial charge >= 0.3 is 0 Å². The van der Waals surface area contributed by atoms with E-state index in [9.17, 15) is 0 Å². The summed E-state index contributed by atoms with van der Waals surface area (Å²) in [5.74, 6) is 1.59. The summed E-state index contributed by atoms with van der Waals surface area (Å²) in [5.41, 5.74) is 3.22. The summed E-state index contributed by atoms with van der Waals surface area (Å²) in [6.07, 6.45) is 3.19. The number of benzene rings is 1.